The molecule has 0 spiro atoms. The van der Waals surface area contributed by atoms with Gasteiger partial charge in [0.15, 0.2) is 5.79 Å². The van der Waals surface area contributed by atoms with Crippen LogP contribution in [0.25, 0.3) is 0 Å². The smallest absolute Gasteiger partial charge is 0.328 e. The normalized spacial score (nSPS) is 24.0. The third-order valence-corrected chi connectivity index (χ3v) is 4.79. The third-order valence-electron chi connectivity index (χ3n) is 4.79. The van der Waals surface area contributed by atoms with Gasteiger partial charge in [-0.05, 0) is 26.7 Å². The second kappa shape index (κ2) is 6.54. The van der Waals surface area contributed by atoms with Crippen LogP contribution in [0.15, 0.2) is 9.59 Å². The lowest BCUT2D eigenvalue weighted by Crippen LogP contribution is -2.42. The van der Waals surface area contributed by atoms with E-state index in [2.05, 4.69) is 4.98 Å². The van der Waals surface area contributed by atoms with Gasteiger partial charge < -0.3 is 14.5 Å². The molecular formula is C17H23N3O4. The highest BCUT2D eigenvalue weighted by Gasteiger charge is 2.34. The van der Waals surface area contributed by atoms with Crippen molar-refractivity contribution < 1.29 is 9.47 Å². The number of aromatic amines is 1. The molecule has 1 aliphatic heterocycles. The van der Waals surface area contributed by atoms with E-state index in [0.717, 1.165) is 36.7 Å². The predicted octanol–water partition coefficient (Wildman–Crippen LogP) is 1.61. The summed E-state index contributed by atoms with van der Waals surface area (Å²) in [5.41, 5.74) is -0.449. The molecule has 2 aliphatic rings. The first-order chi connectivity index (χ1) is 11.4. The molecule has 3 rings (SSSR count). The molecule has 130 valence electrons. The summed E-state index contributed by atoms with van der Waals surface area (Å²) in [5, 5.41) is 9.45. The Balaban J connectivity index is 1.93. The summed E-state index contributed by atoms with van der Waals surface area (Å²) in [6.07, 6.45) is 4.70. The highest BCUT2D eigenvalue weighted by molar-refractivity contribution is 5.33. The molecule has 1 saturated heterocycles. The molecule has 1 aromatic rings. The van der Waals surface area contributed by atoms with Crippen molar-refractivity contribution in [2.24, 2.45) is 0 Å². The molecule has 0 amide bonds. The van der Waals surface area contributed by atoms with Gasteiger partial charge in [0.2, 0.25) is 0 Å². The number of rotatable bonds is 3. The van der Waals surface area contributed by atoms with Crippen LogP contribution in [0, 0.1) is 11.3 Å². The average Bonchev–Trinajstić information content (AvgIpc) is 2.90. The first-order valence-electron chi connectivity index (χ1n) is 8.50. The van der Waals surface area contributed by atoms with Crippen LogP contribution in [0.1, 0.15) is 63.1 Å². The Morgan fingerprint density at radius 1 is 1.29 bits per heavy atom. The Bertz CT molecular complexity index is 766. The molecule has 0 bridgehead atoms. The molecule has 24 heavy (non-hydrogen) atoms. The molecule has 1 unspecified atom stereocenters. The van der Waals surface area contributed by atoms with Crippen LogP contribution < -0.4 is 11.2 Å². The van der Waals surface area contributed by atoms with E-state index in [-0.39, 0.29) is 24.1 Å². The molecule has 0 aromatic carbocycles. The van der Waals surface area contributed by atoms with Gasteiger partial charge in [0.25, 0.3) is 5.56 Å². The van der Waals surface area contributed by atoms with Crippen molar-refractivity contribution in [3.8, 4) is 6.07 Å². The van der Waals surface area contributed by atoms with Crippen LogP contribution in [0.2, 0.25) is 0 Å². The summed E-state index contributed by atoms with van der Waals surface area (Å²) < 4.78 is 12.2. The number of ether oxygens (including phenoxy) is 2. The summed E-state index contributed by atoms with van der Waals surface area (Å²) in [6.45, 7) is 3.96. The Morgan fingerprint density at radius 2 is 2.00 bits per heavy atom. The molecule has 1 atom stereocenters. The lowest BCUT2D eigenvalue weighted by atomic mass is 9.85. The lowest BCUT2D eigenvalue weighted by Gasteiger charge is -2.23. The number of hydrogen-bond acceptors (Lipinski definition) is 5. The van der Waals surface area contributed by atoms with E-state index in [1.165, 1.54) is 0 Å². The molecule has 0 radical (unpaired) electrons. The Hall–Kier alpha value is -1.91. The quantitative estimate of drug-likeness (QED) is 0.906. The van der Waals surface area contributed by atoms with E-state index >= 15 is 0 Å². The monoisotopic (exact) mass is 333 g/mol. The van der Waals surface area contributed by atoms with E-state index in [0.29, 0.717) is 12.3 Å². The van der Waals surface area contributed by atoms with Gasteiger partial charge in [-0.3, -0.25) is 9.36 Å². The highest BCUT2D eigenvalue weighted by Crippen LogP contribution is 2.32. The largest absolute Gasteiger partial charge is 0.348 e. The molecule has 7 nitrogen and oxygen atoms in total. The standard InChI is InChI=1S/C17H23N3O4/c1-17(2)23-10-12(24-17)9-20-15(21)13(8-18)14(19-16(20)22)11-6-4-3-5-7-11/h11-12H,3-7,9-10H2,1-2H3,(H,19,22). The van der Waals surface area contributed by atoms with E-state index < -0.39 is 17.0 Å². The van der Waals surface area contributed by atoms with Crippen molar-refractivity contribution in [3.63, 3.8) is 0 Å². The van der Waals surface area contributed by atoms with Gasteiger partial charge in [-0.2, -0.15) is 5.26 Å². The van der Waals surface area contributed by atoms with Crippen molar-refractivity contribution in [1.82, 2.24) is 9.55 Å². The summed E-state index contributed by atoms with van der Waals surface area (Å²) in [7, 11) is 0. The third kappa shape index (κ3) is 3.30. The first kappa shape index (κ1) is 16.9. The summed E-state index contributed by atoms with van der Waals surface area (Å²) in [5.74, 6) is -0.630. The SMILES string of the molecule is CC1(C)OCC(Cn2c(=O)[nH]c(C3CCCCC3)c(C#N)c2=O)O1. The fraction of sp³-hybridized carbons (Fsp3) is 0.706. The average molecular weight is 333 g/mol. The van der Waals surface area contributed by atoms with E-state index in [1.807, 2.05) is 6.07 Å². The Kier molecular flexibility index (Phi) is 4.61. The van der Waals surface area contributed by atoms with Crippen LogP contribution in [0.4, 0.5) is 0 Å². The molecule has 2 fully saturated rings. The molecule has 2 heterocycles. The number of H-pyrrole nitrogens is 1. The minimum Gasteiger partial charge on any atom is -0.348 e. The second-order valence-corrected chi connectivity index (χ2v) is 7.03. The van der Waals surface area contributed by atoms with Gasteiger partial charge in [-0.1, -0.05) is 19.3 Å². The van der Waals surface area contributed by atoms with Crippen LogP contribution in [0.3, 0.4) is 0 Å². The predicted molar refractivity (Wildman–Crippen MR) is 86.8 cm³/mol. The molecule has 7 heteroatoms. The maximum absolute atomic E-state index is 12.7. The fourth-order valence-electron chi connectivity index (χ4n) is 3.62. The van der Waals surface area contributed by atoms with Crippen LogP contribution in [0.5, 0.6) is 0 Å². The van der Waals surface area contributed by atoms with Gasteiger partial charge in [0.05, 0.1) is 13.2 Å². The van der Waals surface area contributed by atoms with Crippen molar-refractivity contribution in [3.05, 3.63) is 32.1 Å². The Morgan fingerprint density at radius 3 is 2.58 bits per heavy atom. The van der Waals surface area contributed by atoms with Crippen molar-refractivity contribution in [1.29, 1.82) is 5.26 Å². The van der Waals surface area contributed by atoms with Gasteiger partial charge in [0.1, 0.15) is 17.7 Å². The topological polar surface area (TPSA) is 97.1 Å². The number of nitrogens with zero attached hydrogens (tertiary/aromatic N) is 2. The summed E-state index contributed by atoms with van der Waals surface area (Å²) in [4.78, 5) is 27.9. The van der Waals surface area contributed by atoms with Crippen molar-refractivity contribution in [2.75, 3.05) is 6.61 Å². The zero-order chi connectivity index (χ0) is 17.3. The zero-order valence-corrected chi connectivity index (χ0v) is 14.1. The number of nitrogens with one attached hydrogen (secondary N) is 1. The van der Waals surface area contributed by atoms with Crippen LogP contribution in [-0.4, -0.2) is 28.0 Å². The van der Waals surface area contributed by atoms with E-state index in [1.54, 1.807) is 13.8 Å². The van der Waals surface area contributed by atoms with Crippen molar-refractivity contribution in [2.45, 2.75) is 70.3 Å². The minimum atomic E-state index is -0.721. The molecular weight excluding hydrogens is 310 g/mol. The van der Waals surface area contributed by atoms with Crippen molar-refractivity contribution >= 4 is 0 Å². The fourth-order valence-corrected chi connectivity index (χ4v) is 3.62. The van der Waals surface area contributed by atoms with Gasteiger partial charge >= 0.3 is 5.69 Å². The number of nitriles is 1. The maximum atomic E-state index is 12.7. The van der Waals surface area contributed by atoms with Crippen LogP contribution >= 0.6 is 0 Å². The summed E-state index contributed by atoms with van der Waals surface area (Å²) >= 11 is 0. The maximum Gasteiger partial charge on any atom is 0.328 e. The first-order valence-corrected chi connectivity index (χ1v) is 8.50. The minimum absolute atomic E-state index is 0.0553. The van der Waals surface area contributed by atoms with Gasteiger partial charge in [-0.15, -0.1) is 0 Å². The van der Waals surface area contributed by atoms with E-state index in [4.69, 9.17) is 9.47 Å². The zero-order valence-electron chi connectivity index (χ0n) is 14.1. The van der Waals surface area contributed by atoms with E-state index in [9.17, 15) is 14.9 Å². The second-order valence-electron chi connectivity index (χ2n) is 7.03. The summed E-state index contributed by atoms with van der Waals surface area (Å²) in [6, 6.07) is 1.99. The molecule has 1 saturated carbocycles. The molecule has 1 aliphatic carbocycles. The van der Waals surface area contributed by atoms with Gasteiger partial charge in [0, 0.05) is 11.6 Å². The lowest BCUT2D eigenvalue weighted by molar-refractivity contribution is -0.139. The highest BCUT2D eigenvalue weighted by atomic mass is 16.7. The number of hydrogen-bond donors (Lipinski definition) is 1. The molecule has 1 aromatic heterocycles. The Labute approximate surface area is 140 Å². The van der Waals surface area contributed by atoms with Crippen LogP contribution in [-0.2, 0) is 16.0 Å². The number of aromatic nitrogens is 2. The van der Waals surface area contributed by atoms with Gasteiger partial charge in [-0.25, -0.2) is 4.79 Å². The molecule has 1 N–H and O–H groups in total.